The topological polar surface area (TPSA) is 96.8 Å². The number of carbonyl (C=O) groups excluding carboxylic acids is 2. The lowest BCUT2D eigenvalue weighted by atomic mass is 10.2. The highest BCUT2D eigenvalue weighted by Gasteiger charge is 2.22. The molecule has 1 N–H and O–H groups in total. The third-order valence-electron chi connectivity index (χ3n) is 4.40. The van der Waals surface area contributed by atoms with Crippen molar-refractivity contribution in [3.8, 4) is 5.69 Å². The Morgan fingerprint density at radius 2 is 1.93 bits per heavy atom. The second kappa shape index (κ2) is 7.75. The molecule has 0 spiro atoms. The van der Waals surface area contributed by atoms with Crippen LogP contribution in [0.3, 0.4) is 0 Å². The monoisotopic (exact) mass is 382 g/mol. The van der Waals surface area contributed by atoms with Gasteiger partial charge >= 0.3 is 0 Å². The van der Waals surface area contributed by atoms with Gasteiger partial charge in [0.15, 0.2) is 5.78 Å². The highest BCUT2D eigenvalue weighted by molar-refractivity contribution is 7.99. The molecule has 8 nitrogen and oxygen atoms in total. The molecular formula is C18H18N6O2S. The first-order chi connectivity index (χ1) is 13.2. The van der Waals surface area contributed by atoms with Crippen LogP contribution in [0.25, 0.3) is 5.69 Å². The van der Waals surface area contributed by atoms with Crippen LogP contribution < -0.4 is 0 Å². The number of ketones is 1. The van der Waals surface area contributed by atoms with Crippen molar-refractivity contribution in [2.45, 2.75) is 18.0 Å². The number of likely N-dealkylation sites (tertiary alicyclic amines) is 1. The van der Waals surface area contributed by atoms with Gasteiger partial charge in [-0.2, -0.15) is 4.68 Å². The molecule has 0 atom stereocenters. The summed E-state index contributed by atoms with van der Waals surface area (Å²) in [6.07, 6.45) is 3.66. The van der Waals surface area contributed by atoms with Crippen LogP contribution in [0.5, 0.6) is 0 Å². The van der Waals surface area contributed by atoms with Crippen LogP contribution in [-0.2, 0) is 0 Å². The fraction of sp³-hybridized carbons (Fsp3) is 0.278. The fourth-order valence-electron chi connectivity index (χ4n) is 2.98. The van der Waals surface area contributed by atoms with E-state index in [0.717, 1.165) is 31.6 Å². The number of aromatic nitrogens is 5. The molecule has 0 unspecified atom stereocenters. The van der Waals surface area contributed by atoms with Crippen molar-refractivity contribution in [1.82, 2.24) is 30.1 Å². The molecule has 4 rings (SSSR count). The number of tetrazole rings is 1. The van der Waals surface area contributed by atoms with E-state index in [2.05, 4.69) is 20.5 Å². The zero-order chi connectivity index (χ0) is 18.6. The number of Topliss-reactive ketones (excluding diaryl/α,β-unsaturated/α-hetero) is 1. The van der Waals surface area contributed by atoms with Gasteiger partial charge < -0.3 is 9.88 Å². The van der Waals surface area contributed by atoms with E-state index < -0.39 is 0 Å². The minimum Gasteiger partial charge on any atom is -0.356 e. The molecule has 27 heavy (non-hydrogen) atoms. The first-order valence-electron chi connectivity index (χ1n) is 8.70. The summed E-state index contributed by atoms with van der Waals surface area (Å²) in [5.41, 5.74) is 1.78. The average Bonchev–Trinajstić information content (AvgIpc) is 3.47. The van der Waals surface area contributed by atoms with E-state index in [0.29, 0.717) is 16.4 Å². The number of thioether (sulfide) groups is 1. The Balaban J connectivity index is 1.41. The first-order valence-corrected chi connectivity index (χ1v) is 9.68. The number of hydrogen-bond acceptors (Lipinski definition) is 6. The summed E-state index contributed by atoms with van der Waals surface area (Å²) in [5.74, 6) is 0.0501. The number of carbonyl (C=O) groups is 2. The van der Waals surface area contributed by atoms with E-state index in [9.17, 15) is 9.59 Å². The largest absolute Gasteiger partial charge is 0.356 e. The highest BCUT2D eigenvalue weighted by atomic mass is 32.2. The summed E-state index contributed by atoms with van der Waals surface area (Å²) in [6, 6.07) is 11.1. The SMILES string of the molecule is O=C(CSc1nnnn1-c1ccccc1)c1c[nH]c(C(=O)N2CCCC2)c1. The molecule has 9 heteroatoms. The van der Waals surface area contributed by atoms with Gasteiger partial charge in [-0.1, -0.05) is 30.0 Å². The quantitative estimate of drug-likeness (QED) is 0.519. The van der Waals surface area contributed by atoms with Gasteiger partial charge in [-0.3, -0.25) is 9.59 Å². The second-order valence-electron chi connectivity index (χ2n) is 6.22. The second-order valence-corrected chi connectivity index (χ2v) is 7.16. The maximum atomic E-state index is 12.5. The summed E-state index contributed by atoms with van der Waals surface area (Å²) < 4.78 is 1.59. The maximum absolute atomic E-state index is 12.5. The van der Waals surface area contributed by atoms with Gasteiger partial charge in [0.05, 0.1) is 11.4 Å². The summed E-state index contributed by atoms with van der Waals surface area (Å²) in [6.45, 7) is 1.55. The third-order valence-corrected chi connectivity index (χ3v) is 5.32. The first kappa shape index (κ1) is 17.5. The molecule has 3 aromatic rings. The smallest absolute Gasteiger partial charge is 0.270 e. The molecule has 1 saturated heterocycles. The maximum Gasteiger partial charge on any atom is 0.270 e. The third kappa shape index (κ3) is 3.77. The molecule has 1 aliphatic rings. The van der Waals surface area contributed by atoms with Crippen LogP contribution in [0, 0.1) is 0 Å². The normalized spacial score (nSPS) is 13.9. The molecule has 0 aliphatic carbocycles. The van der Waals surface area contributed by atoms with E-state index >= 15 is 0 Å². The van der Waals surface area contributed by atoms with Gasteiger partial charge in [0.2, 0.25) is 5.16 Å². The Bertz CT molecular complexity index is 946. The van der Waals surface area contributed by atoms with Gasteiger partial charge in [0, 0.05) is 24.8 Å². The summed E-state index contributed by atoms with van der Waals surface area (Å²) >= 11 is 1.26. The van der Waals surface area contributed by atoms with Crippen molar-refractivity contribution in [3.63, 3.8) is 0 Å². The number of amides is 1. The van der Waals surface area contributed by atoms with E-state index in [1.807, 2.05) is 35.2 Å². The van der Waals surface area contributed by atoms with Gasteiger partial charge in [-0.15, -0.1) is 5.10 Å². The van der Waals surface area contributed by atoms with E-state index in [1.54, 1.807) is 16.9 Å². The minimum absolute atomic E-state index is 0.0489. The van der Waals surface area contributed by atoms with Crippen LogP contribution in [0.15, 0.2) is 47.8 Å². The molecule has 1 aliphatic heterocycles. The molecule has 0 saturated carbocycles. The average molecular weight is 382 g/mol. The molecular weight excluding hydrogens is 364 g/mol. The zero-order valence-electron chi connectivity index (χ0n) is 14.5. The van der Waals surface area contributed by atoms with Gasteiger partial charge in [-0.25, -0.2) is 0 Å². The number of benzene rings is 1. The standard InChI is InChI=1S/C18H18N6O2S/c25-16(13-10-15(19-11-13)17(26)23-8-4-5-9-23)12-27-18-20-21-22-24(18)14-6-2-1-3-7-14/h1-3,6-7,10-11,19H,4-5,8-9,12H2. The lowest BCUT2D eigenvalue weighted by Gasteiger charge is -2.13. The van der Waals surface area contributed by atoms with Gasteiger partial charge in [0.1, 0.15) is 5.69 Å². The molecule has 1 aromatic carbocycles. The number of nitrogens with zero attached hydrogens (tertiary/aromatic N) is 5. The number of rotatable bonds is 6. The Hall–Kier alpha value is -2.94. The summed E-state index contributed by atoms with van der Waals surface area (Å²) in [7, 11) is 0. The van der Waals surface area contributed by atoms with Crippen molar-refractivity contribution in [1.29, 1.82) is 0 Å². The molecule has 1 fully saturated rings. The van der Waals surface area contributed by atoms with Crippen molar-refractivity contribution in [2.75, 3.05) is 18.8 Å². The molecule has 0 radical (unpaired) electrons. The molecule has 1 amide bonds. The van der Waals surface area contributed by atoms with Crippen molar-refractivity contribution >= 4 is 23.5 Å². The Labute approximate surface area is 159 Å². The van der Waals surface area contributed by atoms with Crippen LogP contribution in [0.2, 0.25) is 0 Å². The number of para-hydroxylation sites is 1. The van der Waals surface area contributed by atoms with Crippen LogP contribution >= 0.6 is 11.8 Å². The number of H-pyrrole nitrogens is 1. The Morgan fingerprint density at radius 1 is 1.15 bits per heavy atom. The number of hydrogen-bond donors (Lipinski definition) is 1. The van der Waals surface area contributed by atoms with Crippen LogP contribution in [0.1, 0.15) is 33.7 Å². The number of nitrogens with one attached hydrogen (secondary N) is 1. The predicted octanol–water partition coefficient (Wildman–Crippen LogP) is 2.20. The molecule has 138 valence electrons. The van der Waals surface area contributed by atoms with E-state index in [-0.39, 0.29) is 17.4 Å². The highest BCUT2D eigenvalue weighted by Crippen LogP contribution is 2.20. The summed E-state index contributed by atoms with van der Waals surface area (Å²) in [4.78, 5) is 29.6. The van der Waals surface area contributed by atoms with Crippen LogP contribution in [-0.4, -0.2) is 60.6 Å². The van der Waals surface area contributed by atoms with Crippen molar-refractivity contribution < 1.29 is 9.59 Å². The lowest BCUT2D eigenvalue weighted by Crippen LogP contribution is -2.27. The predicted molar refractivity (Wildman–Crippen MR) is 100 cm³/mol. The molecule has 2 aromatic heterocycles. The van der Waals surface area contributed by atoms with Gasteiger partial charge in [-0.05, 0) is 41.5 Å². The number of aromatic amines is 1. The Kier molecular flexibility index (Phi) is 5.01. The lowest BCUT2D eigenvalue weighted by molar-refractivity contribution is 0.0787. The van der Waals surface area contributed by atoms with Crippen molar-refractivity contribution in [3.05, 3.63) is 53.9 Å². The van der Waals surface area contributed by atoms with Crippen LogP contribution in [0.4, 0.5) is 0 Å². The minimum atomic E-state index is -0.0840. The molecule has 0 bridgehead atoms. The van der Waals surface area contributed by atoms with Gasteiger partial charge in [0.25, 0.3) is 5.91 Å². The summed E-state index contributed by atoms with van der Waals surface area (Å²) in [5, 5.41) is 12.2. The van der Waals surface area contributed by atoms with E-state index in [1.165, 1.54) is 11.8 Å². The Morgan fingerprint density at radius 3 is 2.70 bits per heavy atom. The fourth-order valence-corrected chi connectivity index (χ4v) is 3.77. The molecule has 3 heterocycles. The van der Waals surface area contributed by atoms with Crippen molar-refractivity contribution in [2.24, 2.45) is 0 Å². The zero-order valence-corrected chi connectivity index (χ0v) is 15.4. The van der Waals surface area contributed by atoms with E-state index in [4.69, 9.17) is 0 Å².